The second-order valence-corrected chi connectivity index (χ2v) is 10.1. The lowest BCUT2D eigenvalue weighted by Crippen LogP contribution is -2.39. The Hall–Kier alpha value is -5.03. The largest absolute Gasteiger partial charge is 0.478 e. The van der Waals surface area contributed by atoms with E-state index in [9.17, 15) is 24.7 Å². The maximum Gasteiger partial charge on any atom is 0.336 e. The third-order valence-corrected chi connectivity index (χ3v) is 7.23. The van der Waals surface area contributed by atoms with Crippen LogP contribution in [0.1, 0.15) is 46.7 Å². The second kappa shape index (κ2) is 14.9. The number of ether oxygens (including phenoxy) is 1. The molecule has 1 heterocycles. The highest BCUT2D eigenvalue weighted by Gasteiger charge is 2.24. The summed E-state index contributed by atoms with van der Waals surface area (Å²) in [5.74, 6) is -2.76. The molecule has 0 aliphatic heterocycles. The normalized spacial score (nSPS) is 11.5. The van der Waals surface area contributed by atoms with Gasteiger partial charge < -0.3 is 15.2 Å². The molecule has 0 saturated carbocycles. The first-order chi connectivity index (χ1) is 21.2. The van der Waals surface area contributed by atoms with Crippen LogP contribution in [0.2, 0.25) is 0 Å². The van der Waals surface area contributed by atoms with Crippen LogP contribution in [-0.4, -0.2) is 56.4 Å². The minimum Gasteiger partial charge on any atom is -0.478 e. The maximum absolute atomic E-state index is 15.5. The van der Waals surface area contributed by atoms with Gasteiger partial charge >= 0.3 is 5.97 Å². The highest BCUT2D eigenvalue weighted by Crippen LogP contribution is 2.28. The van der Waals surface area contributed by atoms with E-state index in [2.05, 4.69) is 10.3 Å². The first kappa shape index (κ1) is 31.9. The van der Waals surface area contributed by atoms with E-state index in [1.165, 1.54) is 12.1 Å². The van der Waals surface area contributed by atoms with E-state index in [0.29, 0.717) is 52.6 Å². The van der Waals surface area contributed by atoms with E-state index >= 15 is 4.39 Å². The zero-order valence-corrected chi connectivity index (χ0v) is 24.6. The van der Waals surface area contributed by atoms with Crippen molar-refractivity contribution in [3.63, 3.8) is 0 Å². The van der Waals surface area contributed by atoms with Gasteiger partial charge in [-0.3, -0.25) is 19.4 Å². The number of rotatable bonds is 15. The second-order valence-electron chi connectivity index (χ2n) is 10.1. The topological polar surface area (TPSA) is 134 Å². The number of hydrogen-bond donors (Lipinski definition) is 3. The molecule has 4 rings (SSSR count). The molecule has 0 fully saturated rings. The molecule has 10 nitrogen and oxygen atoms in total. The Bertz CT molecular complexity index is 1610. The number of imidazole rings is 1. The summed E-state index contributed by atoms with van der Waals surface area (Å²) in [6.45, 7) is 3.93. The summed E-state index contributed by atoms with van der Waals surface area (Å²) in [5.41, 5.74) is 3.38. The van der Waals surface area contributed by atoms with Crippen LogP contribution in [0.5, 0.6) is 6.01 Å². The summed E-state index contributed by atoms with van der Waals surface area (Å²) in [6, 6.07) is 20.5. The average molecular weight is 603 g/mol. The van der Waals surface area contributed by atoms with Crippen LogP contribution in [0.3, 0.4) is 0 Å². The molecule has 1 unspecified atom stereocenters. The molecule has 3 N–H and O–H groups in total. The molecule has 4 aromatic rings. The number of nitrogens with zero attached hydrogens (tertiary/aromatic N) is 3. The van der Waals surface area contributed by atoms with E-state index in [4.69, 9.17) is 4.74 Å². The van der Waals surface area contributed by atoms with Crippen molar-refractivity contribution in [2.45, 2.75) is 39.8 Å². The molecular weight excluding hydrogens is 567 g/mol. The van der Waals surface area contributed by atoms with Gasteiger partial charge in [0.25, 0.3) is 6.01 Å². The number of aromatic carboxylic acids is 1. The Labute approximate surface area is 254 Å². The maximum atomic E-state index is 15.5. The highest BCUT2D eigenvalue weighted by atomic mass is 19.1. The van der Waals surface area contributed by atoms with Crippen molar-refractivity contribution in [2.75, 3.05) is 13.2 Å². The molecule has 0 spiro atoms. The van der Waals surface area contributed by atoms with Crippen LogP contribution in [0.25, 0.3) is 11.1 Å². The van der Waals surface area contributed by atoms with Crippen molar-refractivity contribution < 1.29 is 33.8 Å². The summed E-state index contributed by atoms with van der Waals surface area (Å²) in [6.07, 6.45) is 1.07. The standard InChI is InChI=1S/C33H35FN4O6/c1-3-29-30(18-35-31(40)25(19-37(43)21-39)16-22-10-6-5-7-11-22)38(33(36-29)44-4-2)20-24-15-14-23(17-28(24)34)26-12-8-9-13-27(26)32(41)42/h5-15,17,21,25,43H,3-4,16,18-20H2,1-2H3,(H,35,40)(H,41,42). The Morgan fingerprint density at radius 2 is 1.82 bits per heavy atom. The number of carbonyl (C=O) groups is 3. The lowest BCUT2D eigenvalue weighted by molar-refractivity contribution is -0.154. The monoisotopic (exact) mass is 602 g/mol. The van der Waals surface area contributed by atoms with Crippen molar-refractivity contribution in [3.05, 3.63) is 107 Å². The Morgan fingerprint density at radius 3 is 2.48 bits per heavy atom. The summed E-state index contributed by atoms with van der Waals surface area (Å²) < 4.78 is 23.0. The lowest BCUT2D eigenvalue weighted by atomic mass is 9.98. The van der Waals surface area contributed by atoms with Gasteiger partial charge in [-0.2, -0.15) is 4.98 Å². The summed E-state index contributed by atoms with van der Waals surface area (Å²) in [5, 5.41) is 22.8. The van der Waals surface area contributed by atoms with Crippen LogP contribution in [0.15, 0.2) is 72.8 Å². The zero-order valence-electron chi connectivity index (χ0n) is 24.6. The number of hydroxylamine groups is 2. The molecule has 0 aliphatic rings. The van der Waals surface area contributed by atoms with Crippen LogP contribution in [0, 0.1) is 11.7 Å². The number of carboxylic acid groups (broad SMARTS) is 1. The number of carboxylic acids is 1. The number of hydrogen-bond acceptors (Lipinski definition) is 6. The molecule has 1 aromatic heterocycles. The SMILES string of the molecule is CCOc1nc(CC)c(CNC(=O)C(Cc2ccccc2)CN(O)C=O)n1Cc1ccc(-c2ccccc2C(=O)O)cc1F. The number of carbonyl (C=O) groups excluding carboxylic acids is 2. The Kier molecular flexibility index (Phi) is 10.8. The molecular formula is C33H35FN4O6. The number of halogens is 1. The van der Waals surface area contributed by atoms with E-state index < -0.39 is 17.7 Å². The van der Waals surface area contributed by atoms with Gasteiger partial charge in [0.05, 0.1) is 49.1 Å². The van der Waals surface area contributed by atoms with Gasteiger partial charge in [-0.05, 0) is 48.6 Å². The van der Waals surface area contributed by atoms with Crippen LogP contribution < -0.4 is 10.1 Å². The van der Waals surface area contributed by atoms with E-state index in [1.807, 2.05) is 44.2 Å². The minimum atomic E-state index is -1.10. The summed E-state index contributed by atoms with van der Waals surface area (Å²) >= 11 is 0. The number of benzene rings is 3. The van der Waals surface area contributed by atoms with Crippen molar-refractivity contribution in [2.24, 2.45) is 5.92 Å². The van der Waals surface area contributed by atoms with Gasteiger partial charge in [0.15, 0.2) is 0 Å². The molecule has 44 heavy (non-hydrogen) atoms. The molecule has 2 amide bonds. The number of amides is 2. The summed E-state index contributed by atoms with van der Waals surface area (Å²) in [4.78, 5) is 40.7. The van der Waals surface area contributed by atoms with E-state index in [-0.39, 0.29) is 43.5 Å². The molecule has 0 radical (unpaired) electrons. The molecule has 0 aliphatic carbocycles. The molecule has 0 saturated heterocycles. The fraction of sp³-hybridized carbons (Fsp3) is 0.273. The van der Waals surface area contributed by atoms with E-state index in [1.54, 1.807) is 34.9 Å². The lowest BCUT2D eigenvalue weighted by Gasteiger charge is -2.20. The third-order valence-electron chi connectivity index (χ3n) is 7.23. The quantitative estimate of drug-likeness (QED) is 0.102. The fourth-order valence-electron chi connectivity index (χ4n) is 5.05. The van der Waals surface area contributed by atoms with Crippen LogP contribution in [0.4, 0.5) is 4.39 Å². The Balaban J connectivity index is 1.61. The predicted molar refractivity (Wildman–Crippen MR) is 161 cm³/mol. The first-order valence-electron chi connectivity index (χ1n) is 14.3. The molecule has 11 heteroatoms. The van der Waals surface area contributed by atoms with Gasteiger partial charge in [0, 0.05) is 5.56 Å². The number of nitrogens with one attached hydrogen (secondary N) is 1. The van der Waals surface area contributed by atoms with Gasteiger partial charge in [-0.15, -0.1) is 0 Å². The van der Waals surface area contributed by atoms with Gasteiger partial charge in [-0.25, -0.2) is 14.2 Å². The van der Waals surface area contributed by atoms with Crippen molar-refractivity contribution in [1.29, 1.82) is 0 Å². The van der Waals surface area contributed by atoms with E-state index in [0.717, 1.165) is 5.56 Å². The van der Waals surface area contributed by atoms with Gasteiger partial charge in [0.1, 0.15) is 5.82 Å². The highest BCUT2D eigenvalue weighted by molar-refractivity contribution is 5.96. The van der Waals surface area contributed by atoms with Crippen molar-refractivity contribution >= 4 is 18.3 Å². The summed E-state index contributed by atoms with van der Waals surface area (Å²) in [7, 11) is 0. The molecule has 1 atom stereocenters. The van der Waals surface area contributed by atoms with Crippen LogP contribution >= 0.6 is 0 Å². The van der Waals surface area contributed by atoms with Gasteiger partial charge in [-0.1, -0.05) is 67.6 Å². The van der Waals surface area contributed by atoms with Crippen molar-refractivity contribution in [1.82, 2.24) is 19.9 Å². The molecule has 0 bridgehead atoms. The zero-order chi connectivity index (χ0) is 31.6. The smallest absolute Gasteiger partial charge is 0.336 e. The van der Waals surface area contributed by atoms with Crippen LogP contribution in [-0.2, 0) is 35.5 Å². The first-order valence-corrected chi connectivity index (χ1v) is 14.3. The number of aromatic nitrogens is 2. The van der Waals surface area contributed by atoms with Gasteiger partial charge in [0.2, 0.25) is 12.3 Å². The molecule has 3 aromatic carbocycles. The van der Waals surface area contributed by atoms with Crippen molar-refractivity contribution in [3.8, 4) is 17.1 Å². The predicted octanol–water partition coefficient (Wildman–Crippen LogP) is 4.72. The Morgan fingerprint density at radius 1 is 1.09 bits per heavy atom. The average Bonchev–Trinajstić information content (AvgIpc) is 3.36. The fourth-order valence-corrected chi connectivity index (χ4v) is 5.05. The number of aryl methyl sites for hydroxylation is 1. The molecule has 230 valence electrons. The minimum absolute atomic E-state index is 0.0449. The third kappa shape index (κ3) is 7.67.